The van der Waals surface area contributed by atoms with Crippen molar-refractivity contribution in [2.45, 2.75) is 33.1 Å². The highest BCUT2D eigenvalue weighted by atomic mass is 16.2. The summed E-state index contributed by atoms with van der Waals surface area (Å²) in [7, 11) is 0. The SMILES string of the molecule is CCCNc1ccncc1C(=O)N1CCC(C)CC1. The molecule has 4 heteroatoms. The highest BCUT2D eigenvalue weighted by molar-refractivity contribution is 5.99. The summed E-state index contributed by atoms with van der Waals surface area (Å²) in [5.74, 6) is 0.842. The lowest BCUT2D eigenvalue weighted by Crippen LogP contribution is -2.38. The normalized spacial score (nSPS) is 16.4. The van der Waals surface area contributed by atoms with Crippen molar-refractivity contribution in [1.29, 1.82) is 0 Å². The molecule has 2 heterocycles. The van der Waals surface area contributed by atoms with Gasteiger partial charge in [-0.25, -0.2) is 0 Å². The first-order chi connectivity index (χ1) is 9.22. The van der Waals surface area contributed by atoms with Crippen molar-refractivity contribution in [3.05, 3.63) is 24.0 Å². The topological polar surface area (TPSA) is 45.2 Å². The highest BCUT2D eigenvalue weighted by Crippen LogP contribution is 2.21. The van der Waals surface area contributed by atoms with Crippen molar-refractivity contribution in [3.8, 4) is 0 Å². The van der Waals surface area contributed by atoms with E-state index in [2.05, 4.69) is 24.1 Å². The summed E-state index contributed by atoms with van der Waals surface area (Å²) < 4.78 is 0. The average Bonchev–Trinajstić information content (AvgIpc) is 2.45. The molecule has 1 saturated heterocycles. The number of hydrogen-bond acceptors (Lipinski definition) is 3. The summed E-state index contributed by atoms with van der Waals surface area (Å²) in [5.41, 5.74) is 1.60. The second-order valence-corrected chi connectivity index (χ2v) is 5.32. The third-order valence-corrected chi connectivity index (χ3v) is 3.69. The van der Waals surface area contributed by atoms with Crippen LogP contribution >= 0.6 is 0 Å². The van der Waals surface area contributed by atoms with Crippen LogP contribution in [-0.2, 0) is 0 Å². The Bertz CT molecular complexity index is 425. The minimum absolute atomic E-state index is 0.110. The Hall–Kier alpha value is -1.58. The zero-order valence-corrected chi connectivity index (χ0v) is 11.9. The van der Waals surface area contributed by atoms with Gasteiger partial charge in [-0.1, -0.05) is 13.8 Å². The van der Waals surface area contributed by atoms with Gasteiger partial charge in [0.05, 0.1) is 11.3 Å². The maximum Gasteiger partial charge on any atom is 0.257 e. The fraction of sp³-hybridized carbons (Fsp3) is 0.600. The maximum absolute atomic E-state index is 12.5. The smallest absolute Gasteiger partial charge is 0.257 e. The van der Waals surface area contributed by atoms with E-state index in [9.17, 15) is 4.79 Å². The van der Waals surface area contributed by atoms with Gasteiger partial charge in [-0.2, -0.15) is 0 Å². The summed E-state index contributed by atoms with van der Waals surface area (Å²) in [4.78, 5) is 18.6. The first-order valence-electron chi connectivity index (χ1n) is 7.19. The van der Waals surface area contributed by atoms with Crippen LogP contribution in [0.2, 0.25) is 0 Å². The van der Waals surface area contributed by atoms with Crippen molar-refractivity contribution in [1.82, 2.24) is 9.88 Å². The molecule has 0 unspecified atom stereocenters. The number of nitrogens with one attached hydrogen (secondary N) is 1. The van der Waals surface area contributed by atoms with Crippen LogP contribution in [0.5, 0.6) is 0 Å². The molecule has 1 N–H and O–H groups in total. The molecule has 1 fully saturated rings. The third kappa shape index (κ3) is 3.46. The summed E-state index contributed by atoms with van der Waals surface area (Å²) in [5, 5.41) is 3.30. The Kier molecular flexibility index (Phi) is 4.77. The molecule has 0 atom stereocenters. The minimum atomic E-state index is 0.110. The molecule has 0 bridgehead atoms. The van der Waals surface area contributed by atoms with Crippen molar-refractivity contribution in [2.75, 3.05) is 25.0 Å². The lowest BCUT2D eigenvalue weighted by atomic mass is 9.98. The molecule has 0 radical (unpaired) electrons. The van der Waals surface area contributed by atoms with Crippen LogP contribution < -0.4 is 5.32 Å². The van der Waals surface area contributed by atoms with Gasteiger partial charge in [-0.15, -0.1) is 0 Å². The van der Waals surface area contributed by atoms with Crippen LogP contribution in [0.4, 0.5) is 5.69 Å². The number of carbonyl (C=O) groups is 1. The van der Waals surface area contributed by atoms with Crippen LogP contribution in [0.25, 0.3) is 0 Å². The van der Waals surface area contributed by atoms with E-state index in [1.807, 2.05) is 11.0 Å². The second-order valence-electron chi connectivity index (χ2n) is 5.32. The quantitative estimate of drug-likeness (QED) is 0.906. The number of aromatic nitrogens is 1. The molecular formula is C15H23N3O. The van der Waals surface area contributed by atoms with Crippen molar-refractivity contribution < 1.29 is 4.79 Å². The monoisotopic (exact) mass is 261 g/mol. The summed E-state index contributed by atoms with van der Waals surface area (Å²) in [6.45, 7) is 6.97. The van der Waals surface area contributed by atoms with E-state index < -0.39 is 0 Å². The molecule has 1 aliphatic rings. The van der Waals surface area contributed by atoms with Gasteiger partial charge < -0.3 is 10.2 Å². The Morgan fingerprint density at radius 2 is 2.21 bits per heavy atom. The molecule has 0 aliphatic carbocycles. The van der Waals surface area contributed by atoms with Gasteiger partial charge in [0.1, 0.15) is 0 Å². The molecule has 0 aromatic carbocycles. The molecule has 0 saturated carbocycles. The molecule has 2 rings (SSSR count). The molecule has 1 amide bonds. The first kappa shape index (κ1) is 13.8. The zero-order chi connectivity index (χ0) is 13.7. The average molecular weight is 261 g/mol. The second kappa shape index (κ2) is 6.55. The number of carbonyl (C=O) groups excluding carboxylic acids is 1. The van der Waals surface area contributed by atoms with E-state index in [1.54, 1.807) is 12.4 Å². The van der Waals surface area contributed by atoms with Gasteiger partial charge in [-0.05, 0) is 31.2 Å². The van der Waals surface area contributed by atoms with Crippen LogP contribution in [0.1, 0.15) is 43.5 Å². The Balaban J connectivity index is 2.09. The highest BCUT2D eigenvalue weighted by Gasteiger charge is 2.23. The Labute approximate surface area is 115 Å². The molecule has 1 aliphatic heterocycles. The lowest BCUT2D eigenvalue weighted by Gasteiger charge is -2.30. The first-order valence-corrected chi connectivity index (χ1v) is 7.19. The Morgan fingerprint density at radius 3 is 2.89 bits per heavy atom. The lowest BCUT2D eigenvalue weighted by molar-refractivity contribution is 0.0698. The summed E-state index contributed by atoms with van der Waals surface area (Å²) in [6, 6.07) is 1.88. The van der Waals surface area contributed by atoms with E-state index >= 15 is 0 Å². The number of hydrogen-bond donors (Lipinski definition) is 1. The van der Waals surface area contributed by atoms with Gasteiger partial charge in [-0.3, -0.25) is 9.78 Å². The number of pyridine rings is 1. The molecule has 0 spiro atoms. The zero-order valence-electron chi connectivity index (χ0n) is 11.9. The summed E-state index contributed by atoms with van der Waals surface area (Å²) >= 11 is 0. The molecule has 4 nitrogen and oxygen atoms in total. The minimum Gasteiger partial charge on any atom is -0.384 e. The number of likely N-dealkylation sites (tertiary alicyclic amines) is 1. The van der Waals surface area contributed by atoms with Gasteiger partial charge in [0.25, 0.3) is 5.91 Å². The van der Waals surface area contributed by atoms with E-state index in [0.717, 1.165) is 50.5 Å². The number of amides is 1. The van der Waals surface area contributed by atoms with Gasteiger partial charge >= 0.3 is 0 Å². The fourth-order valence-electron chi connectivity index (χ4n) is 2.36. The van der Waals surface area contributed by atoms with E-state index in [4.69, 9.17) is 0 Å². The van der Waals surface area contributed by atoms with Gasteiger partial charge in [0, 0.05) is 32.0 Å². The fourth-order valence-corrected chi connectivity index (χ4v) is 2.36. The molecule has 1 aromatic rings. The number of anilines is 1. The number of piperidine rings is 1. The predicted molar refractivity (Wildman–Crippen MR) is 77.3 cm³/mol. The van der Waals surface area contributed by atoms with Crippen LogP contribution in [0.15, 0.2) is 18.5 Å². The molecule has 19 heavy (non-hydrogen) atoms. The van der Waals surface area contributed by atoms with Crippen molar-refractivity contribution >= 4 is 11.6 Å². The predicted octanol–water partition coefficient (Wildman–Crippen LogP) is 2.78. The Morgan fingerprint density at radius 1 is 1.47 bits per heavy atom. The standard InChI is InChI=1S/C15H23N3O/c1-3-7-17-14-4-8-16-11-13(14)15(19)18-9-5-12(2)6-10-18/h4,8,11-12H,3,5-7,9-10H2,1-2H3,(H,16,17). The molecule has 104 valence electrons. The summed E-state index contributed by atoms with van der Waals surface area (Å²) in [6.07, 6.45) is 6.65. The van der Waals surface area contributed by atoms with E-state index in [-0.39, 0.29) is 5.91 Å². The van der Waals surface area contributed by atoms with Crippen LogP contribution in [-0.4, -0.2) is 35.4 Å². The number of nitrogens with zero attached hydrogens (tertiary/aromatic N) is 2. The number of rotatable bonds is 4. The van der Waals surface area contributed by atoms with Crippen molar-refractivity contribution in [3.63, 3.8) is 0 Å². The third-order valence-electron chi connectivity index (χ3n) is 3.69. The maximum atomic E-state index is 12.5. The largest absolute Gasteiger partial charge is 0.384 e. The van der Waals surface area contributed by atoms with Gasteiger partial charge in [0.2, 0.25) is 0 Å². The van der Waals surface area contributed by atoms with Gasteiger partial charge in [0.15, 0.2) is 0 Å². The molecular weight excluding hydrogens is 238 g/mol. The van der Waals surface area contributed by atoms with E-state index in [1.165, 1.54) is 0 Å². The molecule has 1 aromatic heterocycles. The van der Waals surface area contributed by atoms with Crippen LogP contribution in [0.3, 0.4) is 0 Å². The van der Waals surface area contributed by atoms with Crippen molar-refractivity contribution in [2.24, 2.45) is 5.92 Å². The van der Waals surface area contributed by atoms with Crippen LogP contribution in [0, 0.1) is 5.92 Å². The van der Waals surface area contributed by atoms with E-state index in [0.29, 0.717) is 5.56 Å².